The number of rotatable bonds is 0. The Morgan fingerprint density at radius 2 is 2.17 bits per heavy atom. The summed E-state index contributed by atoms with van der Waals surface area (Å²) in [6, 6.07) is 8.21. The fraction of sp³-hybridized carbons (Fsp3) is 0.300. The highest BCUT2D eigenvalue weighted by Gasteiger charge is 2.40. The Morgan fingerprint density at radius 3 is 3.08 bits per heavy atom. The van der Waals surface area contributed by atoms with E-state index in [1.807, 2.05) is 12.1 Å². The van der Waals surface area contributed by atoms with E-state index in [1.165, 1.54) is 11.3 Å². The molecule has 0 spiro atoms. The maximum absolute atomic E-state index is 11.4. The van der Waals surface area contributed by atoms with E-state index in [-0.39, 0.29) is 5.92 Å². The van der Waals surface area contributed by atoms with Crippen LogP contribution in [0.1, 0.15) is 11.5 Å². The number of carbonyl (C=O) groups is 1. The third-order valence-corrected chi connectivity index (χ3v) is 2.79. The van der Waals surface area contributed by atoms with E-state index in [9.17, 15) is 4.79 Å². The van der Waals surface area contributed by atoms with Crippen molar-refractivity contribution in [3.8, 4) is 0 Å². The Hall–Kier alpha value is -1.31. The maximum atomic E-state index is 11.4. The van der Waals surface area contributed by atoms with Gasteiger partial charge in [0.25, 0.3) is 0 Å². The number of para-hydroxylation sites is 1. The van der Waals surface area contributed by atoms with Gasteiger partial charge in [0.1, 0.15) is 0 Å². The van der Waals surface area contributed by atoms with Crippen molar-refractivity contribution >= 4 is 11.5 Å². The molecule has 0 N–H and O–H groups in total. The maximum Gasteiger partial charge on any atom is 0.161 e. The molecule has 2 heteroatoms. The molecule has 1 aromatic rings. The molecule has 2 nitrogen and oxygen atoms in total. The van der Waals surface area contributed by atoms with Gasteiger partial charge in [-0.25, -0.2) is 0 Å². The van der Waals surface area contributed by atoms with Gasteiger partial charge in [-0.3, -0.25) is 4.79 Å². The Morgan fingerprint density at radius 1 is 1.33 bits per heavy atom. The molecule has 1 saturated heterocycles. The van der Waals surface area contributed by atoms with Crippen LogP contribution in [0.2, 0.25) is 0 Å². The van der Waals surface area contributed by atoms with Gasteiger partial charge in [-0.15, -0.1) is 0 Å². The largest absolute Gasteiger partial charge is 0.363 e. The molecule has 3 rings (SSSR count). The summed E-state index contributed by atoms with van der Waals surface area (Å²) in [7, 11) is 0. The molecule has 0 saturated carbocycles. The molecule has 2 bridgehead atoms. The monoisotopic (exact) mass is 159 g/mol. The number of fused-ring (bicyclic) bond motifs is 5. The molecule has 12 heavy (non-hydrogen) atoms. The lowest BCUT2D eigenvalue weighted by molar-refractivity contribution is -0.117. The van der Waals surface area contributed by atoms with E-state index < -0.39 is 0 Å². The van der Waals surface area contributed by atoms with Gasteiger partial charge in [0.05, 0.1) is 12.5 Å². The molecule has 2 aliphatic rings. The van der Waals surface area contributed by atoms with Crippen LogP contribution < -0.4 is 4.90 Å². The third-order valence-electron chi connectivity index (χ3n) is 2.79. The highest BCUT2D eigenvalue weighted by Crippen LogP contribution is 2.40. The van der Waals surface area contributed by atoms with Crippen LogP contribution in [0.4, 0.5) is 5.69 Å². The summed E-state index contributed by atoms with van der Waals surface area (Å²) >= 11 is 0. The van der Waals surface area contributed by atoms with Gasteiger partial charge in [0.2, 0.25) is 0 Å². The topological polar surface area (TPSA) is 20.3 Å². The molecule has 60 valence electrons. The van der Waals surface area contributed by atoms with Crippen molar-refractivity contribution in [1.29, 1.82) is 0 Å². The summed E-state index contributed by atoms with van der Waals surface area (Å²) in [6.45, 7) is 1.54. The van der Waals surface area contributed by atoms with Crippen LogP contribution in [0, 0.1) is 0 Å². The molecule has 2 aliphatic heterocycles. The Labute approximate surface area is 70.8 Å². The first-order chi connectivity index (χ1) is 5.86. The lowest BCUT2D eigenvalue weighted by Crippen LogP contribution is -2.20. The van der Waals surface area contributed by atoms with Gasteiger partial charge in [0, 0.05) is 12.2 Å². The molecular formula is C10H9NO. The number of anilines is 1. The summed E-state index contributed by atoms with van der Waals surface area (Å²) in [6.07, 6.45) is 0. The van der Waals surface area contributed by atoms with Crippen molar-refractivity contribution in [3.63, 3.8) is 0 Å². The van der Waals surface area contributed by atoms with Crippen molar-refractivity contribution in [1.82, 2.24) is 0 Å². The Bertz CT molecular complexity index is 359. The second-order valence-corrected chi connectivity index (χ2v) is 3.46. The van der Waals surface area contributed by atoms with Crippen LogP contribution in [0.3, 0.4) is 0 Å². The summed E-state index contributed by atoms with van der Waals surface area (Å²) in [4.78, 5) is 13.5. The number of benzene rings is 1. The number of nitrogens with zero attached hydrogens (tertiary/aromatic N) is 1. The van der Waals surface area contributed by atoms with Gasteiger partial charge < -0.3 is 4.90 Å². The van der Waals surface area contributed by atoms with E-state index in [2.05, 4.69) is 17.0 Å². The first-order valence-corrected chi connectivity index (χ1v) is 4.23. The zero-order valence-corrected chi connectivity index (χ0v) is 6.66. The van der Waals surface area contributed by atoms with Gasteiger partial charge >= 0.3 is 0 Å². The Kier molecular flexibility index (Phi) is 0.980. The van der Waals surface area contributed by atoms with Gasteiger partial charge in [-0.05, 0) is 11.6 Å². The van der Waals surface area contributed by atoms with E-state index in [1.54, 1.807) is 0 Å². The van der Waals surface area contributed by atoms with Crippen LogP contribution in [-0.4, -0.2) is 18.9 Å². The molecule has 0 aliphatic carbocycles. The fourth-order valence-electron chi connectivity index (χ4n) is 2.21. The molecule has 0 radical (unpaired) electrons. The van der Waals surface area contributed by atoms with Crippen molar-refractivity contribution in [3.05, 3.63) is 29.8 Å². The minimum absolute atomic E-state index is 0.182. The summed E-state index contributed by atoms with van der Waals surface area (Å²) in [5.74, 6) is 0.565. The molecular weight excluding hydrogens is 150 g/mol. The number of carbonyl (C=O) groups excluding carboxylic acids is 1. The van der Waals surface area contributed by atoms with E-state index in [0.29, 0.717) is 12.3 Å². The molecule has 2 heterocycles. The molecule has 0 aromatic heterocycles. The quantitative estimate of drug-likeness (QED) is 0.566. The van der Waals surface area contributed by atoms with Crippen molar-refractivity contribution in [2.24, 2.45) is 0 Å². The van der Waals surface area contributed by atoms with Crippen LogP contribution in [-0.2, 0) is 4.79 Å². The predicted molar refractivity (Wildman–Crippen MR) is 46.4 cm³/mol. The zero-order valence-electron chi connectivity index (χ0n) is 6.66. The lowest BCUT2D eigenvalue weighted by Gasteiger charge is -2.16. The smallest absolute Gasteiger partial charge is 0.161 e. The standard InChI is InChI=1S/C10H9NO/c12-10-6-11-5-8(10)7-3-1-2-4-9(7)11/h1-4,8H,5-6H2. The molecule has 1 unspecified atom stereocenters. The minimum atomic E-state index is 0.182. The number of hydrogen-bond donors (Lipinski definition) is 0. The zero-order chi connectivity index (χ0) is 8.13. The normalized spacial score (nSPS) is 24.8. The molecule has 0 amide bonds. The van der Waals surface area contributed by atoms with E-state index >= 15 is 0 Å². The van der Waals surface area contributed by atoms with E-state index in [4.69, 9.17) is 0 Å². The van der Waals surface area contributed by atoms with Crippen LogP contribution in [0.5, 0.6) is 0 Å². The number of Topliss-reactive ketones (excluding diaryl/α,β-unsaturated/α-hetero) is 1. The number of hydrogen-bond acceptors (Lipinski definition) is 2. The lowest BCUT2D eigenvalue weighted by atomic mass is 9.97. The highest BCUT2D eigenvalue weighted by atomic mass is 16.1. The first-order valence-electron chi connectivity index (χ1n) is 4.23. The highest BCUT2D eigenvalue weighted by molar-refractivity contribution is 5.98. The van der Waals surface area contributed by atoms with Gasteiger partial charge in [0.15, 0.2) is 5.78 Å². The second kappa shape index (κ2) is 1.89. The SMILES string of the molecule is O=C1CN2CC1c1ccccc12. The average molecular weight is 159 g/mol. The molecule has 1 aromatic carbocycles. The molecule has 1 fully saturated rings. The summed E-state index contributed by atoms with van der Waals surface area (Å²) in [5.41, 5.74) is 2.50. The summed E-state index contributed by atoms with van der Waals surface area (Å²) in [5, 5.41) is 0. The summed E-state index contributed by atoms with van der Waals surface area (Å²) < 4.78 is 0. The van der Waals surface area contributed by atoms with Gasteiger partial charge in [-0.2, -0.15) is 0 Å². The van der Waals surface area contributed by atoms with Crippen molar-refractivity contribution in [2.75, 3.05) is 18.0 Å². The minimum Gasteiger partial charge on any atom is -0.363 e. The van der Waals surface area contributed by atoms with E-state index in [0.717, 1.165) is 6.54 Å². The van der Waals surface area contributed by atoms with Crippen LogP contribution in [0.25, 0.3) is 0 Å². The fourth-order valence-corrected chi connectivity index (χ4v) is 2.21. The first kappa shape index (κ1) is 6.23. The number of ketones is 1. The predicted octanol–water partition coefficient (Wildman–Crippen LogP) is 1.17. The Balaban J connectivity index is 2.23. The van der Waals surface area contributed by atoms with Crippen molar-refractivity contribution < 1.29 is 4.79 Å². The average Bonchev–Trinajstić information content (AvgIpc) is 2.62. The molecule has 1 atom stereocenters. The van der Waals surface area contributed by atoms with Crippen molar-refractivity contribution in [2.45, 2.75) is 5.92 Å². The van der Waals surface area contributed by atoms with Crippen LogP contribution >= 0.6 is 0 Å². The third kappa shape index (κ3) is 0.583. The van der Waals surface area contributed by atoms with Crippen LogP contribution in [0.15, 0.2) is 24.3 Å². The second-order valence-electron chi connectivity index (χ2n) is 3.46. The van der Waals surface area contributed by atoms with Gasteiger partial charge in [-0.1, -0.05) is 18.2 Å².